The van der Waals surface area contributed by atoms with Gasteiger partial charge in [0.1, 0.15) is 5.65 Å². The number of nitrogens with zero attached hydrogens (tertiary/aromatic N) is 5. The van der Waals surface area contributed by atoms with Crippen LogP contribution >= 0.6 is 0 Å². The smallest absolute Gasteiger partial charge is 0.178 e. The molecular formula is C29H17N5. The van der Waals surface area contributed by atoms with Crippen molar-refractivity contribution in [2.24, 2.45) is 0 Å². The summed E-state index contributed by atoms with van der Waals surface area (Å²) in [6.45, 7) is 0. The van der Waals surface area contributed by atoms with E-state index < -0.39 is 0 Å². The Balaban J connectivity index is 1.76. The van der Waals surface area contributed by atoms with Gasteiger partial charge in [-0.2, -0.15) is 0 Å². The third kappa shape index (κ3) is 2.16. The molecule has 0 saturated carbocycles. The van der Waals surface area contributed by atoms with E-state index in [1.54, 1.807) is 6.20 Å². The fraction of sp³-hybridized carbons (Fsp3) is 0. The number of aromatic nitrogens is 5. The van der Waals surface area contributed by atoms with Crippen LogP contribution in [0.4, 0.5) is 0 Å². The summed E-state index contributed by atoms with van der Waals surface area (Å²) in [6, 6.07) is 29.7. The summed E-state index contributed by atoms with van der Waals surface area (Å²) in [6.07, 6.45) is 5.60. The van der Waals surface area contributed by atoms with Gasteiger partial charge in [-0.1, -0.05) is 48.5 Å². The molecule has 0 amide bonds. The minimum Gasteiger partial charge on any atom is -0.308 e. The van der Waals surface area contributed by atoms with Gasteiger partial charge < -0.3 is 4.57 Å². The summed E-state index contributed by atoms with van der Waals surface area (Å²) in [5.41, 5.74) is 7.18. The molecule has 0 N–H and O–H groups in total. The molecule has 0 atom stereocenters. The van der Waals surface area contributed by atoms with E-state index in [9.17, 15) is 0 Å². The Kier molecular flexibility index (Phi) is 3.34. The SMILES string of the molecule is c1ccc(-n2c3ccccc3c3ccc4c5cnccc5n5c6cccnc6nc5c4c32)cc1. The predicted molar refractivity (Wildman–Crippen MR) is 138 cm³/mol. The lowest BCUT2D eigenvalue weighted by Crippen LogP contribution is -1.97. The van der Waals surface area contributed by atoms with Crippen molar-refractivity contribution >= 4 is 60.3 Å². The van der Waals surface area contributed by atoms with Crippen LogP contribution in [0, 0.1) is 0 Å². The van der Waals surface area contributed by atoms with Crippen molar-refractivity contribution in [1.82, 2.24) is 23.9 Å². The minimum atomic E-state index is 0.743. The van der Waals surface area contributed by atoms with Gasteiger partial charge in [0, 0.05) is 40.4 Å². The molecule has 0 aliphatic rings. The molecule has 0 saturated heterocycles. The van der Waals surface area contributed by atoms with Crippen LogP contribution in [0.1, 0.15) is 0 Å². The van der Waals surface area contributed by atoms with Crippen molar-refractivity contribution in [3.8, 4) is 5.69 Å². The number of para-hydroxylation sites is 2. The highest BCUT2D eigenvalue weighted by Crippen LogP contribution is 2.40. The maximum atomic E-state index is 5.07. The van der Waals surface area contributed by atoms with Crippen molar-refractivity contribution in [2.75, 3.05) is 0 Å². The summed E-state index contributed by atoms with van der Waals surface area (Å²) >= 11 is 0. The molecule has 158 valence electrons. The Morgan fingerprint density at radius 1 is 0.588 bits per heavy atom. The molecule has 8 aromatic rings. The molecule has 5 aromatic heterocycles. The van der Waals surface area contributed by atoms with Crippen molar-refractivity contribution in [3.05, 3.63) is 104 Å². The van der Waals surface area contributed by atoms with Gasteiger partial charge >= 0.3 is 0 Å². The normalized spacial score (nSPS) is 12.1. The van der Waals surface area contributed by atoms with Gasteiger partial charge in [-0.15, -0.1) is 0 Å². The molecule has 3 aromatic carbocycles. The van der Waals surface area contributed by atoms with E-state index in [4.69, 9.17) is 4.98 Å². The average molecular weight is 435 g/mol. The average Bonchev–Trinajstić information content (AvgIpc) is 3.45. The first kappa shape index (κ1) is 17.7. The number of fused-ring (bicyclic) bond motifs is 12. The van der Waals surface area contributed by atoms with E-state index >= 15 is 0 Å². The zero-order chi connectivity index (χ0) is 22.2. The third-order valence-corrected chi connectivity index (χ3v) is 6.83. The molecule has 0 aliphatic heterocycles. The highest BCUT2D eigenvalue weighted by Gasteiger charge is 2.21. The first-order valence-corrected chi connectivity index (χ1v) is 11.3. The fourth-order valence-corrected chi connectivity index (χ4v) is 5.47. The first-order valence-electron chi connectivity index (χ1n) is 11.3. The van der Waals surface area contributed by atoms with E-state index in [2.05, 4.69) is 97.8 Å². The van der Waals surface area contributed by atoms with Gasteiger partial charge in [0.05, 0.1) is 27.5 Å². The molecule has 5 heterocycles. The maximum absolute atomic E-state index is 5.07. The van der Waals surface area contributed by atoms with E-state index in [0.717, 1.165) is 49.7 Å². The highest BCUT2D eigenvalue weighted by molar-refractivity contribution is 6.27. The van der Waals surface area contributed by atoms with Gasteiger partial charge in [0.2, 0.25) is 0 Å². The van der Waals surface area contributed by atoms with E-state index in [1.165, 1.54) is 16.3 Å². The quantitative estimate of drug-likeness (QED) is 0.270. The molecule has 0 unspecified atom stereocenters. The van der Waals surface area contributed by atoms with Crippen LogP contribution in [0.2, 0.25) is 0 Å². The Bertz CT molecular complexity index is 2070. The monoisotopic (exact) mass is 435 g/mol. The van der Waals surface area contributed by atoms with Crippen LogP contribution in [0.3, 0.4) is 0 Å². The third-order valence-electron chi connectivity index (χ3n) is 6.83. The molecule has 5 heteroatoms. The lowest BCUT2D eigenvalue weighted by Gasteiger charge is -2.13. The van der Waals surface area contributed by atoms with Crippen LogP contribution in [0.15, 0.2) is 104 Å². The lowest BCUT2D eigenvalue weighted by atomic mass is 10.0. The standard InChI is InChI=1S/C29H17N5/c1-2-7-18(8-3-1)33-23-10-5-4-9-19(23)21-13-12-20-22-17-30-16-14-24(22)34-25-11-6-15-31-28(25)32-29(34)26(20)27(21)33/h1-17H. The van der Waals surface area contributed by atoms with Gasteiger partial charge in [0.25, 0.3) is 0 Å². The second-order valence-corrected chi connectivity index (χ2v) is 8.58. The van der Waals surface area contributed by atoms with Crippen molar-refractivity contribution in [1.29, 1.82) is 0 Å². The van der Waals surface area contributed by atoms with Gasteiger partial charge in [-0.25, -0.2) is 9.97 Å². The molecular weight excluding hydrogens is 418 g/mol. The highest BCUT2D eigenvalue weighted by atomic mass is 15.1. The number of pyridine rings is 3. The van der Waals surface area contributed by atoms with Gasteiger partial charge in [-0.3, -0.25) is 9.38 Å². The number of benzene rings is 3. The summed E-state index contributed by atoms with van der Waals surface area (Å²) < 4.78 is 4.59. The van der Waals surface area contributed by atoms with Crippen LogP contribution in [-0.2, 0) is 0 Å². The van der Waals surface area contributed by atoms with Gasteiger partial charge in [0.15, 0.2) is 5.65 Å². The topological polar surface area (TPSA) is 48.0 Å². The zero-order valence-corrected chi connectivity index (χ0v) is 18.1. The number of rotatable bonds is 1. The summed E-state index contributed by atoms with van der Waals surface area (Å²) in [5, 5.41) is 5.77. The Morgan fingerprint density at radius 2 is 1.41 bits per heavy atom. The van der Waals surface area contributed by atoms with Crippen LogP contribution in [0.25, 0.3) is 66.0 Å². The molecule has 0 bridgehead atoms. The number of hydrogen-bond acceptors (Lipinski definition) is 3. The van der Waals surface area contributed by atoms with Crippen LogP contribution < -0.4 is 0 Å². The van der Waals surface area contributed by atoms with Gasteiger partial charge in [-0.05, 0) is 41.8 Å². The molecule has 0 fully saturated rings. The fourth-order valence-electron chi connectivity index (χ4n) is 5.47. The second kappa shape index (κ2) is 6.39. The lowest BCUT2D eigenvalue weighted by molar-refractivity contribution is 1.18. The van der Waals surface area contributed by atoms with E-state index in [-0.39, 0.29) is 0 Å². The first-order chi connectivity index (χ1) is 16.9. The van der Waals surface area contributed by atoms with E-state index in [1.807, 2.05) is 18.5 Å². The van der Waals surface area contributed by atoms with Crippen molar-refractivity contribution < 1.29 is 0 Å². The van der Waals surface area contributed by atoms with Crippen LogP contribution in [-0.4, -0.2) is 23.9 Å². The molecule has 0 radical (unpaired) electrons. The number of hydrogen-bond donors (Lipinski definition) is 0. The summed E-state index contributed by atoms with van der Waals surface area (Å²) in [4.78, 5) is 14.1. The molecule has 34 heavy (non-hydrogen) atoms. The molecule has 8 rings (SSSR count). The maximum Gasteiger partial charge on any atom is 0.178 e. The number of imidazole rings is 1. The molecule has 5 nitrogen and oxygen atoms in total. The molecule has 0 aliphatic carbocycles. The Labute approximate surface area is 193 Å². The Hall–Kier alpha value is -4.77. The van der Waals surface area contributed by atoms with Crippen molar-refractivity contribution in [2.45, 2.75) is 0 Å². The van der Waals surface area contributed by atoms with E-state index in [0.29, 0.717) is 0 Å². The van der Waals surface area contributed by atoms with Crippen LogP contribution in [0.5, 0.6) is 0 Å². The summed E-state index contributed by atoms with van der Waals surface area (Å²) in [7, 11) is 0. The zero-order valence-electron chi connectivity index (χ0n) is 18.1. The minimum absolute atomic E-state index is 0.743. The second-order valence-electron chi connectivity index (χ2n) is 8.58. The van der Waals surface area contributed by atoms with Crippen molar-refractivity contribution in [3.63, 3.8) is 0 Å². The Morgan fingerprint density at radius 3 is 2.35 bits per heavy atom. The largest absolute Gasteiger partial charge is 0.308 e. The molecule has 0 spiro atoms. The summed E-state index contributed by atoms with van der Waals surface area (Å²) in [5.74, 6) is 0. The predicted octanol–water partition coefficient (Wildman–Crippen LogP) is 6.68.